The normalized spacial score (nSPS) is 15.3. The van der Waals surface area contributed by atoms with Crippen molar-refractivity contribution in [2.75, 3.05) is 12.0 Å². The molecule has 2 aromatic carbocycles. The van der Waals surface area contributed by atoms with Crippen LogP contribution in [0.3, 0.4) is 0 Å². The average Bonchev–Trinajstić information content (AvgIpc) is 3.24. The second-order valence-corrected chi connectivity index (χ2v) is 9.26. The van der Waals surface area contributed by atoms with Crippen LogP contribution in [0.15, 0.2) is 75.9 Å². The summed E-state index contributed by atoms with van der Waals surface area (Å²) in [6.45, 7) is 5.32. The molecular formula is C27H22BrF3N2O3. The lowest BCUT2D eigenvalue weighted by atomic mass is 10.0. The van der Waals surface area contributed by atoms with Crippen LogP contribution in [0, 0.1) is 13.8 Å². The van der Waals surface area contributed by atoms with E-state index in [-0.39, 0.29) is 22.5 Å². The minimum atomic E-state index is -4.58. The fourth-order valence-corrected chi connectivity index (χ4v) is 4.80. The van der Waals surface area contributed by atoms with Gasteiger partial charge in [0.25, 0.3) is 5.91 Å². The smallest absolute Gasteiger partial charge is 0.416 e. The number of methoxy groups -OCH3 is 1. The van der Waals surface area contributed by atoms with Crippen molar-refractivity contribution >= 4 is 39.6 Å². The fourth-order valence-electron chi connectivity index (χ4n) is 4.41. The molecule has 0 radical (unpaired) electrons. The Morgan fingerprint density at radius 2 is 1.67 bits per heavy atom. The van der Waals surface area contributed by atoms with Crippen molar-refractivity contribution in [3.63, 3.8) is 0 Å². The van der Waals surface area contributed by atoms with Gasteiger partial charge in [0.1, 0.15) is 0 Å². The van der Waals surface area contributed by atoms with E-state index in [0.717, 1.165) is 38.6 Å². The molecule has 1 aromatic heterocycles. The summed E-state index contributed by atoms with van der Waals surface area (Å²) in [7, 11) is 1.19. The molecule has 186 valence electrons. The number of carbonyl (C=O) groups excluding carboxylic acids is 2. The Kier molecular flexibility index (Phi) is 6.70. The monoisotopic (exact) mass is 558 g/mol. The van der Waals surface area contributed by atoms with Crippen molar-refractivity contribution in [1.82, 2.24) is 4.57 Å². The van der Waals surface area contributed by atoms with Crippen molar-refractivity contribution in [1.29, 1.82) is 0 Å². The summed E-state index contributed by atoms with van der Waals surface area (Å²) >= 11 is 3.48. The minimum absolute atomic E-state index is 0.00664. The van der Waals surface area contributed by atoms with E-state index >= 15 is 0 Å². The lowest BCUT2D eigenvalue weighted by Gasteiger charge is -2.19. The molecule has 2 heterocycles. The van der Waals surface area contributed by atoms with Crippen LogP contribution in [0.1, 0.15) is 29.4 Å². The first-order chi connectivity index (χ1) is 16.9. The van der Waals surface area contributed by atoms with Gasteiger partial charge in [0.2, 0.25) is 0 Å². The molecule has 0 fully saturated rings. The number of hydrogen-bond acceptors (Lipinski definition) is 3. The highest BCUT2D eigenvalue weighted by Gasteiger charge is 2.39. The van der Waals surface area contributed by atoms with Crippen molar-refractivity contribution in [2.45, 2.75) is 26.9 Å². The maximum absolute atomic E-state index is 13.5. The molecule has 4 rings (SSSR count). The summed E-state index contributed by atoms with van der Waals surface area (Å²) in [5, 5.41) is 0. The van der Waals surface area contributed by atoms with Crippen molar-refractivity contribution in [3.05, 3.63) is 98.4 Å². The minimum Gasteiger partial charge on any atom is -0.465 e. The Balaban J connectivity index is 1.85. The maximum Gasteiger partial charge on any atom is 0.416 e. The Hall–Kier alpha value is -3.59. The largest absolute Gasteiger partial charge is 0.465 e. The van der Waals surface area contributed by atoms with E-state index in [4.69, 9.17) is 4.74 Å². The number of aromatic nitrogens is 1. The quantitative estimate of drug-likeness (QED) is 0.263. The maximum atomic E-state index is 13.5. The number of alkyl halides is 3. The van der Waals surface area contributed by atoms with Gasteiger partial charge < -0.3 is 9.30 Å². The van der Waals surface area contributed by atoms with E-state index in [9.17, 15) is 22.8 Å². The predicted molar refractivity (Wildman–Crippen MR) is 135 cm³/mol. The molecule has 0 saturated heterocycles. The van der Waals surface area contributed by atoms with E-state index in [1.165, 1.54) is 26.2 Å². The first-order valence-electron chi connectivity index (χ1n) is 10.9. The van der Waals surface area contributed by atoms with Crippen molar-refractivity contribution < 1.29 is 27.5 Å². The Morgan fingerprint density at radius 1 is 1.00 bits per heavy atom. The van der Waals surface area contributed by atoms with Crippen LogP contribution in [-0.2, 0) is 20.5 Å². The summed E-state index contributed by atoms with van der Waals surface area (Å²) in [6, 6.07) is 14.0. The molecule has 5 nitrogen and oxygen atoms in total. The number of nitrogens with zero attached hydrogens (tertiary/aromatic N) is 2. The number of allylic oxidation sites excluding steroid dienone is 1. The third-order valence-corrected chi connectivity index (χ3v) is 6.55. The van der Waals surface area contributed by atoms with Crippen LogP contribution in [0.25, 0.3) is 11.8 Å². The molecule has 1 aliphatic heterocycles. The highest BCUT2D eigenvalue weighted by Crippen LogP contribution is 2.38. The molecule has 3 aromatic rings. The first kappa shape index (κ1) is 25.5. The van der Waals surface area contributed by atoms with Crippen molar-refractivity contribution in [2.24, 2.45) is 0 Å². The fraction of sp³-hybridized carbons (Fsp3) is 0.185. The van der Waals surface area contributed by atoms with Gasteiger partial charge in [-0.2, -0.15) is 13.2 Å². The summed E-state index contributed by atoms with van der Waals surface area (Å²) in [5.41, 5.74) is 2.69. The third kappa shape index (κ3) is 4.51. The molecular weight excluding hydrogens is 537 g/mol. The van der Waals surface area contributed by atoms with E-state index in [2.05, 4.69) is 15.9 Å². The zero-order valence-electron chi connectivity index (χ0n) is 19.9. The number of halogens is 4. The summed E-state index contributed by atoms with van der Waals surface area (Å²) in [6.07, 6.45) is -2.99. The lowest BCUT2D eigenvalue weighted by molar-refractivity contribution is -0.137. The van der Waals surface area contributed by atoms with E-state index in [1.54, 1.807) is 6.08 Å². The number of aryl methyl sites for hydroxylation is 1. The van der Waals surface area contributed by atoms with Gasteiger partial charge in [-0.25, -0.2) is 4.79 Å². The predicted octanol–water partition coefficient (Wildman–Crippen LogP) is 6.75. The van der Waals surface area contributed by atoms with E-state index in [0.29, 0.717) is 5.56 Å². The van der Waals surface area contributed by atoms with Crippen molar-refractivity contribution in [3.8, 4) is 5.69 Å². The average molecular weight is 559 g/mol. The second-order valence-electron chi connectivity index (χ2n) is 8.34. The molecule has 0 atom stereocenters. The zero-order chi connectivity index (χ0) is 26.4. The van der Waals surface area contributed by atoms with Gasteiger partial charge in [0, 0.05) is 32.9 Å². The van der Waals surface area contributed by atoms with Crippen LogP contribution < -0.4 is 4.90 Å². The van der Waals surface area contributed by atoms with Crippen LogP contribution in [0.2, 0.25) is 0 Å². The summed E-state index contributed by atoms with van der Waals surface area (Å²) in [5.74, 6) is -1.36. The number of hydrogen-bond donors (Lipinski definition) is 0. The number of ether oxygens (including phenoxy) is 1. The molecule has 1 amide bonds. The molecule has 1 aliphatic rings. The van der Waals surface area contributed by atoms with Gasteiger partial charge in [0.15, 0.2) is 0 Å². The van der Waals surface area contributed by atoms with E-state index in [1.807, 2.05) is 48.7 Å². The summed E-state index contributed by atoms with van der Waals surface area (Å²) in [4.78, 5) is 27.4. The number of rotatable bonds is 4. The Bertz CT molecular complexity index is 1450. The van der Waals surface area contributed by atoms with Gasteiger partial charge in [-0.3, -0.25) is 9.69 Å². The molecule has 0 N–H and O–H groups in total. The van der Waals surface area contributed by atoms with Crippen LogP contribution in [0.4, 0.5) is 18.9 Å². The molecule has 9 heteroatoms. The Morgan fingerprint density at radius 3 is 2.31 bits per heavy atom. The van der Waals surface area contributed by atoms with Crippen LogP contribution in [0.5, 0.6) is 0 Å². The second kappa shape index (κ2) is 9.46. The highest BCUT2D eigenvalue weighted by molar-refractivity contribution is 9.10. The SMILES string of the molecule is COC(=O)C1=C(C)N(c2cccc(C(F)(F)F)c2)C(=O)/C1=C\c1cc(C)n(-c2cccc(Br)c2)c1C. The molecule has 0 bridgehead atoms. The number of esters is 1. The van der Waals surface area contributed by atoms with Gasteiger partial charge >= 0.3 is 12.1 Å². The number of carbonyl (C=O) groups is 2. The molecule has 36 heavy (non-hydrogen) atoms. The van der Waals surface area contributed by atoms with Gasteiger partial charge in [0.05, 0.1) is 23.8 Å². The van der Waals surface area contributed by atoms with E-state index < -0.39 is 23.6 Å². The zero-order valence-corrected chi connectivity index (χ0v) is 21.5. The third-order valence-electron chi connectivity index (χ3n) is 6.06. The molecule has 0 unspecified atom stereocenters. The van der Waals surface area contributed by atoms with Crippen LogP contribution in [-0.4, -0.2) is 23.6 Å². The highest BCUT2D eigenvalue weighted by atomic mass is 79.9. The molecule has 0 saturated carbocycles. The van der Waals surface area contributed by atoms with Gasteiger partial charge in [-0.15, -0.1) is 0 Å². The number of anilines is 1. The lowest BCUT2D eigenvalue weighted by Crippen LogP contribution is -2.25. The topological polar surface area (TPSA) is 51.5 Å². The molecule has 0 aliphatic carbocycles. The molecule has 0 spiro atoms. The number of amides is 1. The van der Waals surface area contributed by atoms with Gasteiger partial charge in [-0.05, 0) is 74.9 Å². The number of benzene rings is 2. The first-order valence-corrected chi connectivity index (χ1v) is 11.7. The summed E-state index contributed by atoms with van der Waals surface area (Å²) < 4.78 is 47.8. The van der Waals surface area contributed by atoms with Gasteiger partial charge in [-0.1, -0.05) is 28.1 Å². The standard InChI is InChI=1S/C27H22BrF3N2O3/c1-15-11-18(16(2)32(15)22-10-6-8-20(28)14-22)12-23-24(26(35)36-4)17(3)33(25(23)34)21-9-5-7-19(13-21)27(29,30)31/h5-14H,1-4H3/b23-12-. The Labute approximate surface area is 214 Å². The van der Waals surface area contributed by atoms with Crippen LogP contribution >= 0.6 is 15.9 Å².